The van der Waals surface area contributed by atoms with E-state index in [1.54, 1.807) is 18.3 Å². The summed E-state index contributed by atoms with van der Waals surface area (Å²) in [5, 5.41) is 11.3. The molecule has 1 aliphatic rings. The fourth-order valence-electron chi connectivity index (χ4n) is 2.99. The quantitative estimate of drug-likeness (QED) is 0.796. The van der Waals surface area contributed by atoms with Gasteiger partial charge in [0, 0.05) is 30.1 Å². The van der Waals surface area contributed by atoms with Crippen molar-refractivity contribution in [2.24, 2.45) is 0 Å². The van der Waals surface area contributed by atoms with Gasteiger partial charge in [-0.3, -0.25) is 4.79 Å². The van der Waals surface area contributed by atoms with Gasteiger partial charge in [-0.05, 0) is 25.5 Å². The van der Waals surface area contributed by atoms with Gasteiger partial charge in [0.15, 0.2) is 12.2 Å². The summed E-state index contributed by atoms with van der Waals surface area (Å²) in [7, 11) is 0. The fourth-order valence-corrected chi connectivity index (χ4v) is 2.99. The molecule has 1 atom stereocenters. The Morgan fingerprint density at radius 3 is 2.88 bits per heavy atom. The zero-order valence-corrected chi connectivity index (χ0v) is 13.3. The number of oxazole rings is 1. The maximum absolute atomic E-state index is 12.5. The lowest BCUT2D eigenvalue weighted by molar-refractivity contribution is 0.0927. The molecule has 2 aromatic heterocycles. The van der Waals surface area contributed by atoms with Crippen LogP contribution in [0.15, 0.2) is 41.3 Å². The topological polar surface area (TPSA) is 85.8 Å². The molecule has 0 bridgehead atoms. The molecule has 0 unspecified atom stereocenters. The molecular formula is C17H17N5O2. The van der Waals surface area contributed by atoms with E-state index in [4.69, 9.17) is 4.42 Å². The Morgan fingerprint density at radius 1 is 1.29 bits per heavy atom. The smallest absolute Gasteiger partial charge is 0.251 e. The predicted molar refractivity (Wildman–Crippen MR) is 86.3 cm³/mol. The van der Waals surface area contributed by atoms with Gasteiger partial charge in [0.25, 0.3) is 5.91 Å². The summed E-state index contributed by atoms with van der Waals surface area (Å²) in [6, 6.07) is 7.40. The molecule has 0 fully saturated rings. The lowest BCUT2D eigenvalue weighted by Gasteiger charge is -2.25. The van der Waals surface area contributed by atoms with Crippen molar-refractivity contribution in [3.8, 4) is 11.3 Å². The Balaban J connectivity index is 1.44. The van der Waals surface area contributed by atoms with Crippen LogP contribution in [0.1, 0.15) is 28.4 Å². The van der Waals surface area contributed by atoms with Gasteiger partial charge in [-0.25, -0.2) is 4.98 Å². The highest BCUT2D eigenvalue weighted by Gasteiger charge is 2.23. The van der Waals surface area contributed by atoms with Crippen molar-refractivity contribution in [1.29, 1.82) is 0 Å². The van der Waals surface area contributed by atoms with Crippen molar-refractivity contribution in [2.45, 2.75) is 32.4 Å². The highest BCUT2D eigenvalue weighted by Crippen LogP contribution is 2.19. The van der Waals surface area contributed by atoms with E-state index in [0.717, 1.165) is 36.6 Å². The van der Waals surface area contributed by atoms with Gasteiger partial charge in [0.1, 0.15) is 11.6 Å². The number of carbonyl (C=O) groups is 1. The van der Waals surface area contributed by atoms with Crippen molar-refractivity contribution in [1.82, 2.24) is 25.1 Å². The third-order valence-electron chi connectivity index (χ3n) is 4.33. The minimum Gasteiger partial charge on any atom is -0.444 e. The molecule has 122 valence electrons. The number of hydrogen-bond donors (Lipinski definition) is 1. The Hall–Kier alpha value is -2.96. The largest absolute Gasteiger partial charge is 0.444 e. The molecule has 7 heteroatoms. The van der Waals surface area contributed by atoms with E-state index in [1.165, 1.54) is 6.39 Å². The highest BCUT2D eigenvalue weighted by molar-refractivity contribution is 5.94. The summed E-state index contributed by atoms with van der Waals surface area (Å²) < 4.78 is 7.32. The molecule has 1 amide bonds. The maximum Gasteiger partial charge on any atom is 0.251 e. The summed E-state index contributed by atoms with van der Waals surface area (Å²) in [4.78, 5) is 16.4. The van der Waals surface area contributed by atoms with Gasteiger partial charge >= 0.3 is 0 Å². The lowest BCUT2D eigenvalue weighted by atomic mass is 10.1. The van der Waals surface area contributed by atoms with Gasteiger partial charge in [0.05, 0.1) is 6.20 Å². The number of fused-ring (bicyclic) bond motifs is 1. The second-order valence-electron chi connectivity index (χ2n) is 5.93. The number of amides is 1. The molecule has 4 rings (SSSR count). The van der Waals surface area contributed by atoms with Gasteiger partial charge in [-0.15, -0.1) is 10.2 Å². The van der Waals surface area contributed by atoms with E-state index in [1.807, 2.05) is 19.1 Å². The van der Waals surface area contributed by atoms with Crippen LogP contribution in [0, 0.1) is 6.92 Å². The van der Waals surface area contributed by atoms with Crippen LogP contribution in [0.4, 0.5) is 0 Å². The molecule has 3 aromatic rings. The normalized spacial score (nSPS) is 16.6. The first-order chi connectivity index (χ1) is 11.7. The molecule has 1 aliphatic heterocycles. The molecular weight excluding hydrogens is 306 g/mol. The van der Waals surface area contributed by atoms with Crippen molar-refractivity contribution in [3.05, 3.63) is 54.1 Å². The molecule has 1 aromatic carbocycles. The summed E-state index contributed by atoms with van der Waals surface area (Å²) in [6.45, 7) is 2.65. The van der Waals surface area contributed by atoms with Gasteiger partial charge in [-0.2, -0.15) is 0 Å². The fraction of sp³-hybridized carbons (Fsp3) is 0.294. The molecule has 7 nitrogen and oxygen atoms in total. The van der Waals surface area contributed by atoms with Crippen LogP contribution in [-0.2, 0) is 13.0 Å². The van der Waals surface area contributed by atoms with Crippen LogP contribution < -0.4 is 5.32 Å². The molecule has 0 aliphatic carbocycles. The monoisotopic (exact) mass is 323 g/mol. The number of rotatable bonds is 3. The van der Waals surface area contributed by atoms with Gasteiger partial charge in [-0.1, -0.05) is 12.1 Å². The summed E-state index contributed by atoms with van der Waals surface area (Å²) in [5.74, 6) is 2.50. The van der Waals surface area contributed by atoms with E-state index in [0.29, 0.717) is 11.3 Å². The second kappa shape index (κ2) is 5.92. The molecule has 0 radical (unpaired) electrons. The van der Waals surface area contributed by atoms with Crippen molar-refractivity contribution < 1.29 is 9.21 Å². The second-order valence-corrected chi connectivity index (χ2v) is 5.93. The Bertz CT molecular complexity index is 852. The standard InChI is InChI=1S/C17H17N5O2/c1-11-20-21-16-7-6-14(9-22(11)16)19-17(23)13-4-2-12(3-5-13)15-8-18-10-24-15/h2-5,8,10,14H,6-7,9H2,1H3,(H,19,23)/t14-/m0/s1. The van der Waals surface area contributed by atoms with Crippen LogP contribution >= 0.6 is 0 Å². The van der Waals surface area contributed by atoms with Crippen LogP contribution in [0.3, 0.4) is 0 Å². The first-order valence-electron chi connectivity index (χ1n) is 7.89. The lowest BCUT2D eigenvalue weighted by Crippen LogP contribution is -2.41. The third kappa shape index (κ3) is 2.68. The molecule has 0 spiro atoms. The Labute approximate surface area is 138 Å². The first kappa shape index (κ1) is 14.6. The number of nitrogens with zero attached hydrogens (tertiary/aromatic N) is 4. The van der Waals surface area contributed by atoms with Crippen molar-refractivity contribution >= 4 is 5.91 Å². The maximum atomic E-state index is 12.5. The third-order valence-corrected chi connectivity index (χ3v) is 4.33. The molecule has 1 N–H and O–H groups in total. The van der Waals surface area contributed by atoms with E-state index in [2.05, 4.69) is 25.1 Å². The summed E-state index contributed by atoms with van der Waals surface area (Å²) in [5.41, 5.74) is 1.52. The number of aryl methyl sites for hydroxylation is 2. The van der Waals surface area contributed by atoms with E-state index in [-0.39, 0.29) is 11.9 Å². The Morgan fingerprint density at radius 2 is 2.12 bits per heavy atom. The van der Waals surface area contributed by atoms with Crippen LogP contribution in [0.5, 0.6) is 0 Å². The summed E-state index contributed by atoms with van der Waals surface area (Å²) >= 11 is 0. The molecule has 3 heterocycles. The zero-order chi connectivity index (χ0) is 16.5. The number of carbonyl (C=O) groups excluding carboxylic acids is 1. The molecule has 24 heavy (non-hydrogen) atoms. The predicted octanol–water partition coefficient (Wildman–Crippen LogP) is 1.99. The van der Waals surface area contributed by atoms with E-state index >= 15 is 0 Å². The number of benzene rings is 1. The highest BCUT2D eigenvalue weighted by atomic mass is 16.3. The Kier molecular flexibility index (Phi) is 3.60. The average Bonchev–Trinajstić information content (AvgIpc) is 3.26. The molecule has 0 saturated heterocycles. The zero-order valence-electron chi connectivity index (χ0n) is 13.3. The van der Waals surface area contributed by atoms with Gasteiger partial charge in [0.2, 0.25) is 0 Å². The van der Waals surface area contributed by atoms with Crippen molar-refractivity contribution in [3.63, 3.8) is 0 Å². The first-order valence-corrected chi connectivity index (χ1v) is 7.89. The number of hydrogen-bond acceptors (Lipinski definition) is 5. The average molecular weight is 323 g/mol. The minimum absolute atomic E-state index is 0.0710. The van der Waals surface area contributed by atoms with E-state index in [9.17, 15) is 4.79 Å². The van der Waals surface area contributed by atoms with Crippen molar-refractivity contribution in [2.75, 3.05) is 0 Å². The van der Waals surface area contributed by atoms with Crippen LogP contribution in [-0.4, -0.2) is 31.7 Å². The number of nitrogens with one attached hydrogen (secondary N) is 1. The van der Waals surface area contributed by atoms with Gasteiger partial charge < -0.3 is 14.3 Å². The van der Waals surface area contributed by atoms with Crippen LogP contribution in [0.2, 0.25) is 0 Å². The minimum atomic E-state index is -0.0710. The number of aromatic nitrogens is 4. The van der Waals surface area contributed by atoms with E-state index < -0.39 is 0 Å². The molecule has 0 saturated carbocycles. The summed E-state index contributed by atoms with van der Waals surface area (Å²) in [6.07, 6.45) is 4.74. The SMILES string of the molecule is Cc1nnc2n1C[C@@H](NC(=O)c1ccc(-c3cnco3)cc1)CC2. The van der Waals surface area contributed by atoms with Crippen LogP contribution in [0.25, 0.3) is 11.3 Å².